The van der Waals surface area contributed by atoms with Crippen LogP contribution in [0.15, 0.2) is 60.8 Å². The fraction of sp³-hybridized carbons (Fsp3) is 0.259. The van der Waals surface area contributed by atoms with Gasteiger partial charge in [-0.05, 0) is 76.4 Å². The Morgan fingerprint density at radius 2 is 1.57 bits per heavy atom. The van der Waals surface area contributed by atoms with Gasteiger partial charge >= 0.3 is 0 Å². The van der Waals surface area contributed by atoms with E-state index in [9.17, 15) is 0 Å². The van der Waals surface area contributed by atoms with Gasteiger partial charge in [0.15, 0.2) is 0 Å². The van der Waals surface area contributed by atoms with E-state index in [0.29, 0.717) is 0 Å². The summed E-state index contributed by atoms with van der Waals surface area (Å²) < 4.78 is 1.94. The van der Waals surface area contributed by atoms with Gasteiger partial charge in [-0.1, -0.05) is 65.7 Å². The van der Waals surface area contributed by atoms with Crippen LogP contribution in [-0.2, 0) is 18.4 Å². The SMILES string of the molecule is C#CC1(n2cc(CCc3ccc4ccc5cccc6ccc3c4c56)nn2)CCCC1. The average molecular weight is 390 g/mol. The van der Waals surface area contributed by atoms with Crippen molar-refractivity contribution in [3.05, 3.63) is 72.1 Å². The van der Waals surface area contributed by atoms with Gasteiger partial charge in [0, 0.05) is 0 Å². The highest BCUT2D eigenvalue weighted by Crippen LogP contribution is 2.37. The van der Waals surface area contributed by atoms with E-state index in [1.807, 2.05) is 4.68 Å². The van der Waals surface area contributed by atoms with Crippen LogP contribution in [0.3, 0.4) is 0 Å². The lowest BCUT2D eigenvalue weighted by Crippen LogP contribution is -2.28. The Morgan fingerprint density at radius 1 is 0.867 bits per heavy atom. The Kier molecular flexibility index (Phi) is 3.83. The third kappa shape index (κ3) is 2.53. The summed E-state index contributed by atoms with van der Waals surface area (Å²) in [5.41, 5.74) is 2.11. The first-order valence-corrected chi connectivity index (χ1v) is 10.8. The highest BCUT2D eigenvalue weighted by molar-refractivity contribution is 6.23. The lowest BCUT2D eigenvalue weighted by molar-refractivity contribution is 0.351. The molecule has 1 aliphatic carbocycles. The van der Waals surface area contributed by atoms with Crippen molar-refractivity contribution in [1.82, 2.24) is 15.0 Å². The maximum absolute atomic E-state index is 5.87. The molecule has 3 heteroatoms. The minimum atomic E-state index is -0.266. The van der Waals surface area contributed by atoms with E-state index in [1.165, 1.54) is 50.7 Å². The monoisotopic (exact) mass is 389 g/mol. The number of terminal acetylenes is 1. The molecule has 0 N–H and O–H groups in total. The molecule has 4 aromatic carbocycles. The Morgan fingerprint density at radius 3 is 2.33 bits per heavy atom. The summed E-state index contributed by atoms with van der Waals surface area (Å²) in [6.45, 7) is 0. The third-order valence-electron chi connectivity index (χ3n) is 6.95. The second-order valence-corrected chi connectivity index (χ2v) is 8.62. The molecule has 1 heterocycles. The maximum atomic E-state index is 5.87. The summed E-state index contributed by atoms with van der Waals surface area (Å²) >= 11 is 0. The molecule has 0 spiro atoms. The molecule has 30 heavy (non-hydrogen) atoms. The second kappa shape index (κ2) is 6.57. The van der Waals surface area contributed by atoms with Gasteiger partial charge in [0.1, 0.15) is 5.54 Å². The molecule has 0 unspecified atom stereocenters. The summed E-state index contributed by atoms with van der Waals surface area (Å²) in [4.78, 5) is 0. The summed E-state index contributed by atoms with van der Waals surface area (Å²) in [7, 11) is 0. The summed E-state index contributed by atoms with van der Waals surface area (Å²) in [5.74, 6) is 2.99. The van der Waals surface area contributed by atoms with Crippen molar-refractivity contribution >= 4 is 32.3 Å². The number of hydrogen-bond acceptors (Lipinski definition) is 2. The molecule has 1 aromatic heterocycles. The fourth-order valence-electron chi connectivity index (χ4n) is 5.30. The largest absolute Gasteiger partial charge is 0.234 e. The number of aryl methyl sites for hydroxylation is 2. The molecule has 6 rings (SSSR count). The maximum Gasteiger partial charge on any atom is 0.124 e. The van der Waals surface area contributed by atoms with Crippen LogP contribution in [0.2, 0.25) is 0 Å². The van der Waals surface area contributed by atoms with Crippen LogP contribution < -0.4 is 0 Å². The first kappa shape index (κ1) is 17.5. The Balaban J connectivity index is 1.35. The predicted octanol–water partition coefficient (Wildman–Crippen LogP) is 5.86. The molecule has 1 saturated carbocycles. The van der Waals surface area contributed by atoms with Crippen LogP contribution in [-0.4, -0.2) is 15.0 Å². The van der Waals surface area contributed by atoms with E-state index < -0.39 is 0 Å². The van der Waals surface area contributed by atoms with Crippen molar-refractivity contribution in [3.8, 4) is 12.3 Å². The lowest BCUT2D eigenvalue weighted by Gasteiger charge is -2.21. The molecule has 5 aromatic rings. The normalized spacial score (nSPS) is 16.0. The van der Waals surface area contributed by atoms with E-state index in [1.54, 1.807) is 0 Å². The van der Waals surface area contributed by atoms with Gasteiger partial charge in [0.25, 0.3) is 0 Å². The molecular weight excluding hydrogens is 366 g/mol. The second-order valence-electron chi connectivity index (χ2n) is 8.62. The van der Waals surface area contributed by atoms with Crippen LogP contribution in [0.1, 0.15) is 36.9 Å². The summed E-state index contributed by atoms with van der Waals surface area (Å²) in [5, 5.41) is 16.9. The molecule has 0 amide bonds. The highest BCUT2D eigenvalue weighted by Gasteiger charge is 2.34. The van der Waals surface area contributed by atoms with E-state index in [-0.39, 0.29) is 5.54 Å². The van der Waals surface area contributed by atoms with Crippen molar-refractivity contribution in [1.29, 1.82) is 0 Å². The minimum absolute atomic E-state index is 0.266. The zero-order valence-electron chi connectivity index (χ0n) is 16.9. The van der Waals surface area contributed by atoms with Gasteiger partial charge in [-0.15, -0.1) is 11.5 Å². The molecule has 0 bridgehead atoms. The summed E-state index contributed by atoms with van der Waals surface area (Å²) in [6.07, 6.45) is 14.1. The van der Waals surface area contributed by atoms with Crippen molar-refractivity contribution in [2.24, 2.45) is 0 Å². The molecule has 0 radical (unpaired) electrons. The minimum Gasteiger partial charge on any atom is -0.234 e. The Hall–Kier alpha value is -3.38. The summed E-state index contributed by atoms with van der Waals surface area (Å²) in [6, 6.07) is 20.1. The molecule has 0 aliphatic heterocycles. The van der Waals surface area contributed by atoms with E-state index in [0.717, 1.165) is 31.4 Å². The standard InChI is InChI=1S/C27H23N3/c1-2-27(16-3-4-17-27)30-18-23(28-29-30)14-12-19-8-9-22-11-10-20-6-5-7-21-13-15-24(19)26(22)25(20)21/h1,5-11,13,15,18H,3-4,12,14,16-17H2. The molecule has 0 atom stereocenters. The van der Waals surface area contributed by atoms with Crippen molar-refractivity contribution < 1.29 is 0 Å². The average Bonchev–Trinajstić information content (AvgIpc) is 3.47. The topological polar surface area (TPSA) is 30.7 Å². The smallest absolute Gasteiger partial charge is 0.124 e. The van der Waals surface area contributed by atoms with Crippen LogP contribution in [0.25, 0.3) is 32.3 Å². The molecule has 1 fully saturated rings. The quantitative estimate of drug-likeness (QED) is 0.285. The number of nitrogens with zero attached hydrogens (tertiary/aromatic N) is 3. The highest BCUT2D eigenvalue weighted by atomic mass is 15.4. The lowest BCUT2D eigenvalue weighted by atomic mass is 9.90. The molecule has 1 aliphatic rings. The zero-order valence-corrected chi connectivity index (χ0v) is 16.9. The van der Waals surface area contributed by atoms with Gasteiger partial charge in [-0.3, -0.25) is 0 Å². The number of rotatable bonds is 4. The van der Waals surface area contributed by atoms with Crippen LogP contribution in [0, 0.1) is 12.3 Å². The molecule has 146 valence electrons. The first-order valence-electron chi connectivity index (χ1n) is 10.8. The zero-order chi connectivity index (χ0) is 20.1. The Bertz CT molecular complexity index is 1400. The molecular formula is C27H23N3. The van der Waals surface area contributed by atoms with Gasteiger partial charge in [-0.2, -0.15) is 0 Å². The van der Waals surface area contributed by atoms with Gasteiger partial charge < -0.3 is 0 Å². The van der Waals surface area contributed by atoms with Crippen molar-refractivity contribution in [3.63, 3.8) is 0 Å². The van der Waals surface area contributed by atoms with Crippen molar-refractivity contribution in [2.45, 2.75) is 44.1 Å². The van der Waals surface area contributed by atoms with E-state index >= 15 is 0 Å². The van der Waals surface area contributed by atoms with E-state index in [2.05, 4.69) is 77.0 Å². The number of benzene rings is 4. The van der Waals surface area contributed by atoms with Crippen LogP contribution >= 0.6 is 0 Å². The van der Waals surface area contributed by atoms with Gasteiger partial charge in [-0.25, -0.2) is 4.68 Å². The van der Waals surface area contributed by atoms with Crippen LogP contribution in [0.5, 0.6) is 0 Å². The predicted molar refractivity (Wildman–Crippen MR) is 123 cm³/mol. The van der Waals surface area contributed by atoms with E-state index in [4.69, 9.17) is 6.42 Å². The van der Waals surface area contributed by atoms with Gasteiger partial charge in [0.05, 0.1) is 11.9 Å². The van der Waals surface area contributed by atoms with Crippen LogP contribution in [0.4, 0.5) is 0 Å². The third-order valence-corrected chi connectivity index (χ3v) is 6.95. The number of aromatic nitrogens is 3. The van der Waals surface area contributed by atoms with Crippen molar-refractivity contribution in [2.75, 3.05) is 0 Å². The number of hydrogen-bond donors (Lipinski definition) is 0. The molecule has 0 saturated heterocycles. The first-order chi connectivity index (χ1) is 14.8. The fourth-order valence-corrected chi connectivity index (χ4v) is 5.30. The Labute approximate surface area is 176 Å². The van der Waals surface area contributed by atoms with Gasteiger partial charge in [0.2, 0.25) is 0 Å². The molecule has 3 nitrogen and oxygen atoms in total.